The second-order valence-electron chi connectivity index (χ2n) is 5.03. The molecule has 18 heavy (non-hydrogen) atoms. The van der Waals surface area contributed by atoms with Crippen molar-refractivity contribution in [2.24, 2.45) is 0 Å². The highest BCUT2D eigenvalue weighted by atomic mass is 16.5. The summed E-state index contributed by atoms with van der Waals surface area (Å²) in [6, 6.07) is 0. The molecule has 0 bridgehead atoms. The highest BCUT2D eigenvalue weighted by molar-refractivity contribution is 5.68. The van der Waals surface area contributed by atoms with Gasteiger partial charge in [-0.2, -0.15) is 0 Å². The summed E-state index contributed by atoms with van der Waals surface area (Å²) in [5.74, 6) is -0.152. The summed E-state index contributed by atoms with van der Waals surface area (Å²) in [5, 5.41) is 9.76. The van der Waals surface area contributed by atoms with Crippen molar-refractivity contribution in [2.75, 3.05) is 7.11 Å². The second kappa shape index (κ2) is 12.9. The SMILES string of the molecule is CCCCCCCC[C@H](O)CCCCC(=O)OC. The van der Waals surface area contributed by atoms with Crippen LogP contribution in [0.5, 0.6) is 0 Å². The lowest BCUT2D eigenvalue weighted by molar-refractivity contribution is -0.140. The number of carbonyl (C=O) groups excluding carboxylic acids is 1. The van der Waals surface area contributed by atoms with Gasteiger partial charge in [-0.1, -0.05) is 51.9 Å². The maximum atomic E-state index is 10.9. The van der Waals surface area contributed by atoms with Gasteiger partial charge in [-0.3, -0.25) is 4.79 Å². The quantitative estimate of drug-likeness (QED) is 0.427. The van der Waals surface area contributed by atoms with Crippen LogP contribution >= 0.6 is 0 Å². The van der Waals surface area contributed by atoms with Crippen molar-refractivity contribution in [3.05, 3.63) is 0 Å². The average molecular weight is 258 g/mol. The van der Waals surface area contributed by atoms with Crippen molar-refractivity contribution in [3.8, 4) is 0 Å². The molecule has 0 aromatic carbocycles. The van der Waals surface area contributed by atoms with E-state index in [-0.39, 0.29) is 12.1 Å². The molecular weight excluding hydrogens is 228 g/mol. The lowest BCUT2D eigenvalue weighted by Crippen LogP contribution is -2.07. The van der Waals surface area contributed by atoms with Gasteiger partial charge in [-0.05, 0) is 19.3 Å². The number of aliphatic hydroxyl groups excluding tert-OH is 1. The van der Waals surface area contributed by atoms with Crippen molar-refractivity contribution in [1.82, 2.24) is 0 Å². The zero-order valence-corrected chi connectivity index (χ0v) is 12.1. The summed E-state index contributed by atoms with van der Waals surface area (Å²) < 4.78 is 4.57. The van der Waals surface area contributed by atoms with E-state index in [1.54, 1.807) is 0 Å². The highest BCUT2D eigenvalue weighted by Crippen LogP contribution is 2.12. The minimum Gasteiger partial charge on any atom is -0.469 e. The average Bonchev–Trinajstić information content (AvgIpc) is 2.38. The van der Waals surface area contributed by atoms with Crippen LogP contribution in [0.2, 0.25) is 0 Å². The second-order valence-corrected chi connectivity index (χ2v) is 5.03. The maximum Gasteiger partial charge on any atom is 0.305 e. The number of unbranched alkanes of at least 4 members (excludes halogenated alkanes) is 6. The smallest absolute Gasteiger partial charge is 0.305 e. The Labute approximate surface area is 112 Å². The van der Waals surface area contributed by atoms with Crippen LogP contribution in [-0.2, 0) is 9.53 Å². The summed E-state index contributed by atoms with van der Waals surface area (Å²) in [6.07, 6.45) is 11.3. The van der Waals surface area contributed by atoms with Gasteiger partial charge < -0.3 is 9.84 Å². The van der Waals surface area contributed by atoms with Crippen molar-refractivity contribution >= 4 is 5.97 Å². The van der Waals surface area contributed by atoms with Gasteiger partial charge in [0.15, 0.2) is 0 Å². The summed E-state index contributed by atoms with van der Waals surface area (Å²) in [6.45, 7) is 2.22. The van der Waals surface area contributed by atoms with E-state index in [1.807, 2.05) is 0 Å². The Morgan fingerprint density at radius 3 is 2.17 bits per heavy atom. The molecule has 108 valence electrons. The topological polar surface area (TPSA) is 46.5 Å². The number of carbonyl (C=O) groups is 1. The number of aliphatic hydroxyl groups is 1. The Balaban J connectivity index is 3.22. The molecule has 1 atom stereocenters. The Bertz CT molecular complexity index is 192. The number of methoxy groups -OCH3 is 1. The van der Waals surface area contributed by atoms with Crippen LogP contribution in [0, 0.1) is 0 Å². The normalized spacial score (nSPS) is 12.4. The first kappa shape index (κ1) is 17.4. The zero-order chi connectivity index (χ0) is 13.6. The molecule has 0 aromatic heterocycles. The number of ether oxygens (including phenoxy) is 1. The third-order valence-corrected chi connectivity index (χ3v) is 3.29. The van der Waals surface area contributed by atoms with Crippen LogP contribution in [0.25, 0.3) is 0 Å². The standard InChI is InChI=1S/C15H30O3/c1-3-4-5-6-7-8-11-14(16)12-9-10-13-15(17)18-2/h14,16H,3-13H2,1-2H3/t14-/m0/s1. The lowest BCUT2D eigenvalue weighted by Gasteiger charge is -2.09. The fourth-order valence-corrected chi connectivity index (χ4v) is 2.06. The Morgan fingerprint density at radius 2 is 1.56 bits per heavy atom. The summed E-state index contributed by atoms with van der Waals surface area (Å²) in [7, 11) is 1.41. The molecule has 0 heterocycles. The molecule has 0 aliphatic carbocycles. The number of hydrogen-bond acceptors (Lipinski definition) is 3. The van der Waals surface area contributed by atoms with Crippen molar-refractivity contribution in [3.63, 3.8) is 0 Å². The monoisotopic (exact) mass is 258 g/mol. The Hall–Kier alpha value is -0.570. The lowest BCUT2D eigenvalue weighted by atomic mass is 10.0. The third-order valence-electron chi connectivity index (χ3n) is 3.29. The van der Waals surface area contributed by atoms with Gasteiger partial charge in [0.05, 0.1) is 13.2 Å². The van der Waals surface area contributed by atoms with Gasteiger partial charge in [0.25, 0.3) is 0 Å². The van der Waals surface area contributed by atoms with Crippen LogP contribution in [0.3, 0.4) is 0 Å². The third kappa shape index (κ3) is 11.9. The maximum absolute atomic E-state index is 10.9. The van der Waals surface area contributed by atoms with Gasteiger partial charge in [0, 0.05) is 6.42 Å². The van der Waals surface area contributed by atoms with Gasteiger partial charge in [-0.25, -0.2) is 0 Å². The predicted molar refractivity (Wildman–Crippen MR) is 74.5 cm³/mol. The van der Waals surface area contributed by atoms with E-state index >= 15 is 0 Å². The van der Waals surface area contributed by atoms with E-state index in [0.29, 0.717) is 6.42 Å². The largest absolute Gasteiger partial charge is 0.469 e. The van der Waals surface area contributed by atoms with Crippen LogP contribution in [0.1, 0.15) is 77.6 Å². The van der Waals surface area contributed by atoms with Crippen LogP contribution in [0.4, 0.5) is 0 Å². The van der Waals surface area contributed by atoms with E-state index in [1.165, 1.54) is 39.2 Å². The molecule has 0 aliphatic rings. The minimum atomic E-state index is -0.186. The zero-order valence-electron chi connectivity index (χ0n) is 12.1. The fourth-order valence-electron chi connectivity index (χ4n) is 2.06. The molecule has 0 unspecified atom stereocenters. The summed E-state index contributed by atoms with van der Waals surface area (Å²) in [5.41, 5.74) is 0. The van der Waals surface area contributed by atoms with E-state index < -0.39 is 0 Å². The molecule has 3 nitrogen and oxygen atoms in total. The molecule has 0 radical (unpaired) electrons. The minimum absolute atomic E-state index is 0.152. The first-order chi connectivity index (χ1) is 8.70. The Morgan fingerprint density at radius 1 is 1.00 bits per heavy atom. The molecule has 0 aliphatic heterocycles. The molecule has 1 N–H and O–H groups in total. The number of rotatable bonds is 12. The molecule has 0 rings (SSSR count). The summed E-state index contributed by atoms with van der Waals surface area (Å²) >= 11 is 0. The van der Waals surface area contributed by atoms with Gasteiger partial charge in [-0.15, -0.1) is 0 Å². The van der Waals surface area contributed by atoms with Crippen LogP contribution in [-0.4, -0.2) is 24.3 Å². The van der Waals surface area contributed by atoms with Gasteiger partial charge in [0.2, 0.25) is 0 Å². The first-order valence-electron chi connectivity index (χ1n) is 7.45. The Kier molecular flexibility index (Phi) is 12.5. The number of esters is 1. The molecule has 0 saturated heterocycles. The molecule has 0 amide bonds. The van der Waals surface area contributed by atoms with Crippen LogP contribution < -0.4 is 0 Å². The fraction of sp³-hybridized carbons (Fsp3) is 0.933. The first-order valence-corrected chi connectivity index (χ1v) is 7.45. The highest BCUT2D eigenvalue weighted by Gasteiger charge is 2.05. The molecule has 0 fully saturated rings. The van der Waals surface area contributed by atoms with E-state index in [0.717, 1.165) is 32.1 Å². The van der Waals surface area contributed by atoms with Gasteiger partial charge >= 0.3 is 5.97 Å². The molecular formula is C15H30O3. The molecule has 0 aromatic rings. The predicted octanol–water partition coefficient (Wildman–Crippen LogP) is 3.83. The van der Waals surface area contributed by atoms with Crippen LogP contribution in [0.15, 0.2) is 0 Å². The van der Waals surface area contributed by atoms with Crippen molar-refractivity contribution in [1.29, 1.82) is 0 Å². The molecule has 3 heteroatoms. The van der Waals surface area contributed by atoms with Crippen molar-refractivity contribution < 1.29 is 14.6 Å². The van der Waals surface area contributed by atoms with E-state index in [4.69, 9.17) is 0 Å². The van der Waals surface area contributed by atoms with Crippen molar-refractivity contribution in [2.45, 2.75) is 83.7 Å². The molecule has 0 saturated carbocycles. The van der Waals surface area contributed by atoms with Gasteiger partial charge in [0.1, 0.15) is 0 Å². The summed E-state index contributed by atoms with van der Waals surface area (Å²) in [4.78, 5) is 10.9. The number of hydrogen-bond donors (Lipinski definition) is 1. The van der Waals surface area contributed by atoms with E-state index in [2.05, 4.69) is 11.7 Å². The van der Waals surface area contributed by atoms with E-state index in [9.17, 15) is 9.90 Å². The molecule has 0 spiro atoms.